The van der Waals surface area contributed by atoms with Crippen molar-refractivity contribution in [1.29, 1.82) is 0 Å². The Morgan fingerprint density at radius 2 is 2.00 bits per heavy atom. The van der Waals surface area contributed by atoms with Gasteiger partial charge < -0.3 is 10.1 Å². The fraction of sp³-hybridized carbons (Fsp3) is 0.235. The van der Waals surface area contributed by atoms with Crippen LogP contribution in [0.1, 0.15) is 28.4 Å². The number of benzene rings is 2. The van der Waals surface area contributed by atoms with Crippen LogP contribution < -0.4 is 5.32 Å². The summed E-state index contributed by atoms with van der Waals surface area (Å²) in [5.74, 6) is -1.23. The third kappa shape index (κ3) is 3.81. The fourth-order valence-electron chi connectivity index (χ4n) is 2.05. The standard InChI is InChI=1S/C17H18FNO2/c1-3-12-5-4-6-14(9-12)19-11-13-7-8-15(16(18)10-13)17(20)21-2/h4-10,19H,3,11H2,1-2H3. The third-order valence-corrected chi connectivity index (χ3v) is 3.27. The molecule has 0 spiro atoms. The van der Waals surface area contributed by atoms with Gasteiger partial charge in [0.25, 0.3) is 0 Å². The molecule has 2 rings (SSSR count). The molecule has 0 fully saturated rings. The van der Waals surface area contributed by atoms with Gasteiger partial charge in [0, 0.05) is 12.2 Å². The van der Waals surface area contributed by atoms with Crippen LogP contribution in [-0.2, 0) is 17.7 Å². The summed E-state index contributed by atoms with van der Waals surface area (Å²) in [4.78, 5) is 11.3. The monoisotopic (exact) mass is 287 g/mol. The normalized spacial score (nSPS) is 10.2. The van der Waals surface area contributed by atoms with E-state index >= 15 is 0 Å². The number of rotatable bonds is 5. The second-order valence-electron chi connectivity index (χ2n) is 4.71. The molecule has 0 aliphatic carbocycles. The Morgan fingerprint density at radius 3 is 2.67 bits per heavy atom. The first-order valence-electron chi connectivity index (χ1n) is 6.83. The van der Waals surface area contributed by atoms with Crippen molar-refractivity contribution >= 4 is 11.7 Å². The summed E-state index contributed by atoms with van der Waals surface area (Å²) in [6, 6.07) is 12.6. The van der Waals surface area contributed by atoms with Gasteiger partial charge in [0.15, 0.2) is 0 Å². The highest BCUT2D eigenvalue weighted by Crippen LogP contribution is 2.15. The Balaban J connectivity index is 2.06. The fourth-order valence-corrected chi connectivity index (χ4v) is 2.05. The second kappa shape index (κ2) is 6.88. The van der Waals surface area contributed by atoms with Crippen molar-refractivity contribution in [3.05, 3.63) is 65.0 Å². The van der Waals surface area contributed by atoms with Crippen molar-refractivity contribution in [1.82, 2.24) is 0 Å². The second-order valence-corrected chi connectivity index (χ2v) is 4.71. The lowest BCUT2D eigenvalue weighted by molar-refractivity contribution is 0.0595. The van der Waals surface area contributed by atoms with Crippen molar-refractivity contribution in [3.8, 4) is 0 Å². The van der Waals surface area contributed by atoms with Gasteiger partial charge in [0.05, 0.1) is 12.7 Å². The molecule has 0 saturated heterocycles. The quantitative estimate of drug-likeness (QED) is 0.850. The number of hydrogen-bond acceptors (Lipinski definition) is 3. The van der Waals surface area contributed by atoms with Crippen molar-refractivity contribution in [2.75, 3.05) is 12.4 Å². The van der Waals surface area contributed by atoms with Gasteiger partial charge in [-0.25, -0.2) is 9.18 Å². The van der Waals surface area contributed by atoms with Gasteiger partial charge in [0.2, 0.25) is 0 Å². The van der Waals surface area contributed by atoms with Gasteiger partial charge in [0.1, 0.15) is 5.82 Å². The number of hydrogen-bond donors (Lipinski definition) is 1. The maximum absolute atomic E-state index is 13.8. The molecule has 0 atom stereocenters. The number of anilines is 1. The lowest BCUT2D eigenvalue weighted by atomic mass is 10.1. The van der Waals surface area contributed by atoms with Crippen LogP contribution in [0.2, 0.25) is 0 Å². The van der Waals surface area contributed by atoms with Crippen LogP contribution in [0.25, 0.3) is 0 Å². The summed E-state index contributed by atoms with van der Waals surface area (Å²) in [6.07, 6.45) is 0.970. The van der Waals surface area contributed by atoms with E-state index in [4.69, 9.17) is 0 Å². The van der Waals surface area contributed by atoms with Crippen molar-refractivity contribution in [3.63, 3.8) is 0 Å². The van der Waals surface area contributed by atoms with Gasteiger partial charge in [-0.15, -0.1) is 0 Å². The average Bonchev–Trinajstić information content (AvgIpc) is 2.52. The Bertz CT molecular complexity index is 640. The summed E-state index contributed by atoms with van der Waals surface area (Å²) in [6.45, 7) is 2.59. The number of carbonyl (C=O) groups is 1. The van der Waals surface area contributed by atoms with Gasteiger partial charge in [-0.05, 0) is 41.8 Å². The summed E-state index contributed by atoms with van der Waals surface area (Å²) in [5.41, 5.74) is 2.95. The number of carbonyl (C=O) groups excluding carboxylic acids is 1. The first kappa shape index (κ1) is 15.0. The lowest BCUT2D eigenvalue weighted by Crippen LogP contribution is -2.06. The predicted octanol–water partition coefficient (Wildman–Crippen LogP) is 3.79. The molecular formula is C17H18FNO2. The number of esters is 1. The molecule has 2 aromatic rings. The zero-order valence-corrected chi connectivity index (χ0v) is 12.2. The van der Waals surface area contributed by atoms with Crippen LogP contribution in [0.15, 0.2) is 42.5 Å². The molecular weight excluding hydrogens is 269 g/mol. The molecule has 110 valence electrons. The number of methoxy groups -OCH3 is 1. The highest BCUT2D eigenvalue weighted by Gasteiger charge is 2.12. The van der Waals surface area contributed by atoms with Gasteiger partial charge >= 0.3 is 5.97 Å². The minimum atomic E-state index is -0.664. The lowest BCUT2D eigenvalue weighted by Gasteiger charge is -2.09. The van der Waals surface area contributed by atoms with E-state index in [1.165, 1.54) is 24.8 Å². The Hall–Kier alpha value is -2.36. The Labute approximate surface area is 123 Å². The molecule has 0 unspecified atom stereocenters. The zero-order chi connectivity index (χ0) is 15.2. The SMILES string of the molecule is CCc1cccc(NCc2ccc(C(=O)OC)c(F)c2)c1. The molecule has 2 aromatic carbocycles. The van der Waals surface area contributed by atoms with Crippen LogP contribution in [0.5, 0.6) is 0 Å². The molecule has 21 heavy (non-hydrogen) atoms. The average molecular weight is 287 g/mol. The summed E-state index contributed by atoms with van der Waals surface area (Å²) >= 11 is 0. The van der Waals surface area contributed by atoms with Crippen LogP contribution >= 0.6 is 0 Å². The van der Waals surface area contributed by atoms with E-state index in [0.717, 1.165) is 17.7 Å². The van der Waals surface area contributed by atoms with E-state index in [9.17, 15) is 9.18 Å². The molecule has 0 bridgehead atoms. The molecule has 0 aliphatic heterocycles. The van der Waals surface area contributed by atoms with Crippen molar-refractivity contribution < 1.29 is 13.9 Å². The Kier molecular flexibility index (Phi) is 4.93. The topological polar surface area (TPSA) is 38.3 Å². The van der Waals surface area contributed by atoms with E-state index in [0.29, 0.717) is 6.54 Å². The summed E-state index contributed by atoms with van der Waals surface area (Å²) < 4.78 is 18.3. The Morgan fingerprint density at radius 1 is 1.19 bits per heavy atom. The summed E-state index contributed by atoms with van der Waals surface area (Å²) in [7, 11) is 1.23. The first-order valence-corrected chi connectivity index (χ1v) is 6.83. The number of aryl methyl sites for hydroxylation is 1. The third-order valence-electron chi connectivity index (χ3n) is 3.27. The van der Waals surface area contributed by atoms with E-state index in [-0.39, 0.29) is 5.56 Å². The summed E-state index contributed by atoms with van der Waals surface area (Å²) in [5, 5.41) is 3.24. The number of nitrogens with one attached hydrogen (secondary N) is 1. The van der Waals surface area contributed by atoms with Crippen LogP contribution in [0.3, 0.4) is 0 Å². The number of ether oxygens (including phenoxy) is 1. The van der Waals surface area contributed by atoms with Crippen molar-refractivity contribution in [2.24, 2.45) is 0 Å². The first-order chi connectivity index (χ1) is 10.1. The number of halogens is 1. The maximum atomic E-state index is 13.8. The molecule has 4 heteroatoms. The molecule has 3 nitrogen and oxygen atoms in total. The van der Waals surface area contributed by atoms with Crippen LogP contribution in [0.4, 0.5) is 10.1 Å². The molecule has 0 aliphatic rings. The van der Waals surface area contributed by atoms with Crippen molar-refractivity contribution in [2.45, 2.75) is 19.9 Å². The highest BCUT2D eigenvalue weighted by molar-refractivity contribution is 5.89. The molecule has 0 radical (unpaired) electrons. The molecule has 0 saturated carbocycles. The van der Waals surface area contributed by atoms with Gasteiger partial charge in [-0.3, -0.25) is 0 Å². The largest absolute Gasteiger partial charge is 0.465 e. The van der Waals surface area contributed by atoms with E-state index in [1.54, 1.807) is 6.07 Å². The van der Waals surface area contributed by atoms with Gasteiger partial charge in [-0.2, -0.15) is 0 Å². The van der Waals surface area contributed by atoms with Crippen LogP contribution in [-0.4, -0.2) is 13.1 Å². The molecule has 0 heterocycles. The molecule has 0 amide bonds. The molecule has 1 N–H and O–H groups in total. The minimum absolute atomic E-state index is 0.0470. The van der Waals surface area contributed by atoms with E-state index < -0.39 is 11.8 Å². The predicted molar refractivity (Wildman–Crippen MR) is 80.9 cm³/mol. The maximum Gasteiger partial charge on any atom is 0.340 e. The highest BCUT2D eigenvalue weighted by atomic mass is 19.1. The molecule has 0 aromatic heterocycles. The van der Waals surface area contributed by atoms with E-state index in [2.05, 4.69) is 29.1 Å². The smallest absolute Gasteiger partial charge is 0.340 e. The zero-order valence-electron chi connectivity index (χ0n) is 12.2. The van der Waals surface area contributed by atoms with Gasteiger partial charge in [-0.1, -0.05) is 25.1 Å². The minimum Gasteiger partial charge on any atom is -0.465 e. The van der Waals surface area contributed by atoms with Crippen LogP contribution in [0, 0.1) is 5.82 Å². The van der Waals surface area contributed by atoms with E-state index in [1.807, 2.05) is 12.1 Å².